The molecule has 1 saturated carbocycles. The van der Waals surface area contributed by atoms with Crippen LogP contribution in [0, 0.1) is 11.8 Å². The van der Waals surface area contributed by atoms with E-state index < -0.39 is 10.0 Å². The Morgan fingerprint density at radius 1 is 1.33 bits per heavy atom. The van der Waals surface area contributed by atoms with Crippen molar-refractivity contribution in [2.24, 2.45) is 18.9 Å². The molecule has 2 rings (SSSR count). The van der Waals surface area contributed by atoms with E-state index in [0.717, 1.165) is 18.5 Å². The molecule has 1 heterocycles. The fraction of sp³-hybridized carbons (Fsp3) is 0.733. The first-order valence-corrected chi connectivity index (χ1v) is 9.15. The van der Waals surface area contributed by atoms with Crippen molar-refractivity contribution in [1.82, 2.24) is 14.6 Å². The maximum Gasteiger partial charge on any atom is 0.242 e. The summed E-state index contributed by atoms with van der Waals surface area (Å²) in [7, 11) is 0.289. The zero-order chi connectivity index (χ0) is 15.6. The Kier molecular flexibility index (Phi) is 5.11. The van der Waals surface area contributed by atoms with Gasteiger partial charge < -0.3 is 9.88 Å². The predicted octanol–water partition coefficient (Wildman–Crippen LogP) is 1.85. The second kappa shape index (κ2) is 6.50. The first-order valence-electron chi connectivity index (χ1n) is 7.67. The molecule has 1 aromatic rings. The van der Waals surface area contributed by atoms with Crippen LogP contribution in [0.4, 0.5) is 0 Å². The van der Waals surface area contributed by atoms with E-state index in [1.54, 1.807) is 12.3 Å². The van der Waals surface area contributed by atoms with Crippen LogP contribution < -0.4 is 10.0 Å². The molecule has 21 heavy (non-hydrogen) atoms. The minimum atomic E-state index is -3.43. The SMILES string of the molecule is CNCc1cc(S(=O)(=O)NC2CCCC(C)C2C)cn1C. The van der Waals surface area contributed by atoms with Crippen LogP contribution in [0.2, 0.25) is 0 Å². The Hall–Kier alpha value is -0.850. The monoisotopic (exact) mass is 313 g/mol. The molecule has 6 heteroatoms. The molecule has 3 unspecified atom stereocenters. The summed E-state index contributed by atoms with van der Waals surface area (Å²) in [5.41, 5.74) is 0.961. The van der Waals surface area contributed by atoms with E-state index in [2.05, 4.69) is 23.9 Å². The van der Waals surface area contributed by atoms with Gasteiger partial charge in [0.2, 0.25) is 10.0 Å². The lowest BCUT2D eigenvalue weighted by Crippen LogP contribution is -2.43. The number of sulfonamides is 1. The van der Waals surface area contributed by atoms with Gasteiger partial charge in [-0.2, -0.15) is 0 Å². The molecule has 0 aromatic carbocycles. The second-order valence-electron chi connectivity index (χ2n) is 6.30. The Morgan fingerprint density at radius 2 is 2.05 bits per heavy atom. The maximum absolute atomic E-state index is 12.6. The Morgan fingerprint density at radius 3 is 2.71 bits per heavy atom. The normalized spacial score (nSPS) is 27.0. The number of nitrogens with one attached hydrogen (secondary N) is 2. The summed E-state index contributed by atoms with van der Waals surface area (Å²) in [4.78, 5) is 0.362. The average Bonchev–Trinajstić information content (AvgIpc) is 2.78. The quantitative estimate of drug-likeness (QED) is 0.872. The lowest BCUT2D eigenvalue weighted by atomic mass is 9.78. The maximum atomic E-state index is 12.6. The molecule has 1 fully saturated rings. The number of hydrogen-bond acceptors (Lipinski definition) is 3. The van der Waals surface area contributed by atoms with E-state index in [-0.39, 0.29) is 6.04 Å². The number of rotatable bonds is 5. The highest BCUT2D eigenvalue weighted by atomic mass is 32.2. The van der Waals surface area contributed by atoms with Crippen LogP contribution in [0.3, 0.4) is 0 Å². The number of aryl methyl sites for hydroxylation is 1. The molecule has 2 N–H and O–H groups in total. The molecule has 0 amide bonds. The van der Waals surface area contributed by atoms with Crippen molar-refractivity contribution in [3.63, 3.8) is 0 Å². The van der Waals surface area contributed by atoms with E-state index in [1.165, 1.54) is 6.42 Å². The van der Waals surface area contributed by atoms with Crippen molar-refractivity contribution in [3.8, 4) is 0 Å². The predicted molar refractivity (Wildman–Crippen MR) is 84.5 cm³/mol. The first-order chi connectivity index (χ1) is 9.85. The van der Waals surface area contributed by atoms with Crippen LogP contribution in [0.15, 0.2) is 17.2 Å². The lowest BCUT2D eigenvalue weighted by Gasteiger charge is -2.34. The number of nitrogens with zero attached hydrogens (tertiary/aromatic N) is 1. The minimum Gasteiger partial charge on any atom is -0.352 e. The third-order valence-electron chi connectivity index (χ3n) is 4.76. The standard InChI is InChI=1S/C15H27N3O2S/c1-11-6-5-7-15(12(11)2)17-21(19,20)14-8-13(9-16-3)18(4)10-14/h8,10-12,15-17H,5-7,9H2,1-4H3. The molecule has 1 aliphatic carbocycles. The zero-order valence-electron chi connectivity index (χ0n) is 13.4. The fourth-order valence-electron chi connectivity index (χ4n) is 3.10. The van der Waals surface area contributed by atoms with Crippen LogP contribution in [0.5, 0.6) is 0 Å². The molecule has 1 aromatic heterocycles. The molecule has 3 atom stereocenters. The molecule has 0 bridgehead atoms. The molecule has 1 aliphatic rings. The van der Waals surface area contributed by atoms with Crippen LogP contribution in [-0.4, -0.2) is 26.1 Å². The zero-order valence-corrected chi connectivity index (χ0v) is 14.2. The summed E-state index contributed by atoms with van der Waals surface area (Å²) in [5, 5.41) is 3.05. The summed E-state index contributed by atoms with van der Waals surface area (Å²) in [6.45, 7) is 5.01. The van der Waals surface area contributed by atoms with E-state index in [1.807, 2.05) is 18.7 Å². The van der Waals surface area contributed by atoms with Crippen LogP contribution in [0.25, 0.3) is 0 Å². The largest absolute Gasteiger partial charge is 0.352 e. The van der Waals surface area contributed by atoms with Crippen molar-refractivity contribution in [3.05, 3.63) is 18.0 Å². The summed E-state index contributed by atoms with van der Waals surface area (Å²) in [6, 6.07) is 1.79. The highest BCUT2D eigenvalue weighted by Crippen LogP contribution is 2.30. The highest BCUT2D eigenvalue weighted by molar-refractivity contribution is 7.89. The van der Waals surface area contributed by atoms with Gasteiger partial charge in [-0.05, 0) is 31.4 Å². The van der Waals surface area contributed by atoms with E-state index in [9.17, 15) is 8.42 Å². The summed E-state index contributed by atoms with van der Waals surface area (Å²) >= 11 is 0. The van der Waals surface area contributed by atoms with Gasteiger partial charge in [-0.15, -0.1) is 0 Å². The molecule has 0 radical (unpaired) electrons. The van der Waals surface area contributed by atoms with Gasteiger partial charge in [0, 0.05) is 31.5 Å². The summed E-state index contributed by atoms with van der Waals surface area (Å²) < 4.78 is 29.9. The lowest BCUT2D eigenvalue weighted by molar-refractivity contribution is 0.227. The topological polar surface area (TPSA) is 63.1 Å². The fourth-order valence-corrected chi connectivity index (χ4v) is 4.55. The van der Waals surface area contributed by atoms with Crippen molar-refractivity contribution in [1.29, 1.82) is 0 Å². The van der Waals surface area contributed by atoms with Crippen molar-refractivity contribution >= 4 is 10.0 Å². The van der Waals surface area contributed by atoms with Gasteiger partial charge in [0.05, 0.1) is 4.90 Å². The second-order valence-corrected chi connectivity index (χ2v) is 8.02. The third kappa shape index (κ3) is 3.67. The third-order valence-corrected chi connectivity index (χ3v) is 6.22. The van der Waals surface area contributed by atoms with Gasteiger partial charge in [0.1, 0.15) is 0 Å². The van der Waals surface area contributed by atoms with Gasteiger partial charge in [0.15, 0.2) is 0 Å². The van der Waals surface area contributed by atoms with E-state index in [4.69, 9.17) is 0 Å². The molecular weight excluding hydrogens is 286 g/mol. The van der Waals surface area contributed by atoms with Crippen molar-refractivity contribution < 1.29 is 8.42 Å². The smallest absolute Gasteiger partial charge is 0.242 e. The van der Waals surface area contributed by atoms with E-state index in [0.29, 0.717) is 23.3 Å². The van der Waals surface area contributed by atoms with Crippen molar-refractivity contribution in [2.75, 3.05) is 7.05 Å². The highest BCUT2D eigenvalue weighted by Gasteiger charge is 2.31. The minimum absolute atomic E-state index is 0.0479. The Labute approximate surface area is 128 Å². The van der Waals surface area contributed by atoms with Gasteiger partial charge in [-0.1, -0.05) is 26.7 Å². The number of hydrogen-bond donors (Lipinski definition) is 2. The first kappa shape index (κ1) is 16.5. The van der Waals surface area contributed by atoms with Gasteiger partial charge in [-0.3, -0.25) is 0 Å². The average molecular weight is 313 g/mol. The van der Waals surface area contributed by atoms with E-state index >= 15 is 0 Å². The van der Waals surface area contributed by atoms with Gasteiger partial charge in [0.25, 0.3) is 0 Å². The molecule has 120 valence electrons. The molecule has 0 saturated heterocycles. The molecular formula is C15H27N3O2S. The van der Waals surface area contributed by atoms with Gasteiger partial charge in [-0.25, -0.2) is 13.1 Å². The molecule has 0 spiro atoms. The van der Waals surface area contributed by atoms with Crippen LogP contribution in [0.1, 0.15) is 38.8 Å². The Bertz CT molecular complexity index is 580. The Balaban J connectivity index is 2.16. The van der Waals surface area contributed by atoms with Crippen LogP contribution >= 0.6 is 0 Å². The number of aromatic nitrogens is 1. The van der Waals surface area contributed by atoms with Gasteiger partial charge >= 0.3 is 0 Å². The summed E-state index contributed by atoms with van der Waals surface area (Å²) in [6.07, 6.45) is 4.91. The summed E-state index contributed by atoms with van der Waals surface area (Å²) in [5.74, 6) is 0.955. The van der Waals surface area contributed by atoms with Crippen LogP contribution in [-0.2, 0) is 23.6 Å². The molecule has 5 nitrogen and oxygen atoms in total. The molecule has 0 aliphatic heterocycles. The van der Waals surface area contributed by atoms with Crippen molar-refractivity contribution in [2.45, 2.75) is 50.6 Å².